The minimum Gasteiger partial charge on any atom is -0.438 e. The van der Waals surface area contributed by atoms with Crippen molar-refractivity contribution in [3.63, 3.8) is 0 Å². The molecule has 2 aliphatic heterocycles. The Hall–Kier alpha value is -2.92. The van der Waals surface area contributed by atoms with Crippen molar-refractivity contribution in [3.05, 3.63) is 40.2 Å². The van der Waals surface area contributed by atoms with Crippen molar-refractivity contribution in [2.45, 2.75) is 79.1 Å². The van der Waals surface area contributed by atoms with Gasteiger partial charge in [-0.15, -0.1) is 0 Å². The Balaban J connectivity index is 1.73. The lowest BCUT2D eigenvalue weighted by Gasteiger charge is -2.44. The summed E-state index contributed by atoms with van der Waals surface area (Å²) < 4.78 is 11.5. The second kappa shape index (κ2) is 9.03. The third-order valence-electron chi connectivity index (χ3n) is 6.98. The number of aryl methyl sites for hydroxylation is 1. The number of oxazole rings is 1. The third kappa shape index (κ3) is 4.29. The molecule has 2 aromatic rings. The molecule has 8 heteroatoms. The standard InChI is InChI=1S/C26H35N5O3/c1-15(2)21-12-30(8-9-31(21)25(32)23-17(5)28-14-33-23)24-19(11-27)18-10-26(6,7)34-13-20(18)22(29-24)16(3)4/h14-16,21H,8-10,12-13H2,1-7H3/t21-/m0/s1. The second-order valence-corrected chi connectivity index (χ2v) is 10.7. The van der Waals surface area contributed by atoms with E-state index >= 15 is 0 Å². The van der Waals surface area contributed by atoms with Crippen molar-refractivity contribution in [2.75, 3.05) is 24.5 Å². The summed E-state index contributed by atoms with van der Waals surface area (Å²) in [7, 11) is 0. The Bertz CT molecular complexity index is 1130. The van der Waals surface area contributed by atoms with Crippen LogP contribution in [0.3, 0.4) is 0 Å². The molecule has 0 aliphatic carbocycles. The minimum atomic E-state index is -0.327. The molecule has 0 aromatic carbocycles. The molecule has 4 rings (SSSR count). The Labute approximate surface area is 201 Å². The fourth-order valence-corrected chi connectivity index (χ4v) is 5.06. The molecule has 1 fully saturated rings. The number of aromatic nitrogens is 2. The fourth-order valence-electron chi connectivity index (χ4n) is 5.06. The number of pyridine rings is 1. The molecule has 0 saturated carbocycles. The van der Waals surface area contributed by atoms with E-state index in [-0.39, 0.29) is 29.4 Å². The van der Waals surface area contributed by atoms with Crippen molar-refractivity contribution in [1.29, 1.82) is 5.26 Å². The topological polar surface area (TPSA) is 95.5 Å². The summed E-state index contributed by atoms with van der Waals surface area (Å²) >= 11 is 0. The van der Waals surface area contributed by atoms with Gasteiger partial charge in [0.05, 0.1) is 35.2 Å². The maximum Gasteiger partial charge on any atom is 0.291 e. The Morgan fingerprint density at radius 1 is 1.24 bits per heavy atom. The molecule has 0 N–H and O–H groups in total. The monoisotopic (exact) mass is 465 g/mol. The van der Waals surface area contributed by atoms with E-state index < -0.39 is 0 Å². The van der Waals surface area contributed by atoms with Crippen molar-refractivity contribution < 1.29 is 13.9 Å². The largest absolute Gasteiger partial charge is 0.438 e. The van der Waals surface area contributed by atoms with Gasteiger partial charge in [0.1, 0.15) is 11.9 Å². The lowest BCUT2D eigenvalue weighted by atomic mass is 9.86. The van der Waals surface area contributed by atoms with Crippen LogP contribution in [0, 0.1) is 24.2 Å². The van der Waals surface area contributed by atoms with Gasteiger partial charge in [-0.3, -0.25) is 4.79 Å². The van der Waals surface area contributed by atoms with E-state index in [1.54, 1.807) is 6.92 Å². The Kier molecular flexibility index (Phi) is 6.43. The van der Waals surface area contributed by atoms with Crippen LogP contribution in [0.1, 0.15) is 86.1 Å². The average Bonchev–Trinajstić information content (AvgIpc) is 3.22. The highest BCUT2D eigenvalue weighted by atomic mass is 16.5. The van der Waals surface area contributed by atoms with Crippen LogP contribution < -0.4 is 4.90 Å². The van der Waals surface area contributed by atoms with Gasteiger partial charge >= 0.3 is 0 Å². The number of rotatable bonds is 4. The number of hydrogen-bond donors (Lipinski definition) is 0. The highest BCUT2D eigenvalue weighted by Crippen LogP contribution is 2.38. The van der Waals surface area contributed by atoms with Crippen LogP contribution in [0.2, 0.25) is 0 Å². The predicted molar refractivity (Wildman–Crippen MR) is 129 cm³/mol. The lowest BCUT2D eigenvalue weighted by Crippen LogP contribution is -2.57. The Morgan fingerprint density at radius 3 is 2.56 bits per heavy atom. The van der Waals surface area contributed by atoms with Gasteiger partial charge in [-0.25, -0.2) is 9.97 Å². The lowest BCUT2D eigenvalue weighted by molar-refractivity contribution is -0.0408. The molecule has 2 aromatic heterocycles. The van der Waals surface area contributed by atoms with Crippen LogP contribution in [0.25, 0.3) is 0 Å². The molecule has 1 saturated heterocycles. The van der Waals surface area contributed by atoms with Crippen LogP contribution in [0.15, 0.2) is 10.8 Å². The van der Waals surface area contributed by atoms with Crippen molar-refractivity contribution in [1.82, 2.24) is 14.9 Å². The SMILES string of the molecule is Cc1ncoc1C(=O)N1CCN(c2nc(C(C)C)c3c(c2C#N)CC(C)(C)OC3)C[C@H]1C(C)C. The maximum atomic E-state index is 13.3. The highest BCUT2D eigenvalue weighted by Gasteiger charge is 2.38. The molecule has 4 heterocycles. The number of fused-ring (bicyclic) bond motifs is 1. The molecule has 8 nitrogen and oxygen atoms in total. The summed E-state index contributed by atoms with van der Waals surface area (Å²) in [6.07, 6.45) is 2.00. The number of amides is 1. The van der Waals surface area contributed by atoms with Gasteiger partial charge in [0, 0.05) is 31.6 Å². The van der Waals surface area contributed by atoms with Crippen LogP contribution >= 0.6 is 0 Å². The smallest absolute Gasteiger partial charge is 0.291 e. The van der Waals surface area contributed by atoms with Gasteiger partial charge in [-0.2, -0.15) is 5.26 Å². The number of nitriles is 1. The van der Waals surface area contributed by atoms with E-state index in [4.69, 9.17) is 14.1 Å². The summed E-state index contributed by atoms with van der Waals surface area (Å²) in [6.45, 7) is 16.6. The summed E-state index contributed by atoms with van der Waals surface area (Å²) in [5.41, 5.74) is 4.03. The molecule has 34 heavy (non-hydrogen) atoms. The van der Waals surface area contributed by atoms with Gasteiger partial charge in [-0.1, -0.05) is 27.7 Å². The molecular weight excluding hydrogens is 430 g/mol. The van der Waals surface area contributed by atoms with Crippen LogP contribution in [-0.2, 0) is 17.8 Å². The molecule has 1 amide bonds. The van der Waals surface area contributed by atoms with Gasteiger partial charge in [-0.05, 0) is 38.2 Å². The molecule has 0 spiro atoms. The van der Waals surface area contributed by atoms with Crippen LogP contribution in [-0.4, -0.2) is 52.1 Å². The first-order chi connectivity index (χ1) is 16.0. The molecule has 2 aliphatic rings. The number of nitrogens with zero attached hydrogens (tertiary/aromatic N) is 5. The van der Waals surface area contributed by atoms with Crippen LogP contribution in [0.4, 0.5) is 5.82 Å². The average molecular weight is 466 g/mol. The second-order valence-electron chi connectivity index (χ2n) is 10.7. The maximum absolute atomic E-state index is 13.3. The first-order valence-electron chi connectivity index (χ1n) is 12.1. The number of anilines is 1. The van der Waals surface area contributed by atoms with Crippen LogP contribution in [0.5, 0.6) is 0 Å². The minimum absolute atomic E-state index is 0.0441. The number of carbonyl (C=O) groups excluding carboxylic acids is 1. The molecule has 0 unspecified atom stereocenters. The molecule has 182 valence electrons. The number of hydrogen-bond acceptors (Lipinski definition) is 7. The number of piperazine rings is 1. The molecule has 1 atom stereocenters. The molecule has 0 bridgehead atoms. The van der Waals surface area contributed by atoms with Gasteiger partial charge in [0.25, 0.3) is 5.91 Å². The zero-order valence-corrected chi connectivity index (χ0v) is 21.3. The van der Waals surface area contributed by atoms with Gasteiger partial charge in [0.15, 0.2) is 6.39 Å². The number of ether oxygens (including phenoxy) is 1. The summed E-state index contributed by atoms with van der Waals surface area (Å²) in [6, 6.07) is 2.43. The third-order valence-corrected chi connectivity index (χ3v) is 6.98. The van der Waals surface area contributed by atoms with E-state index in [0.29, 0.717) is 49.7 Å². The normalized spacial score (nSPS) is 19.9. The molecular formula is C26H35N5O3. The van der Waals surface area contributed by atoms with E-state index in [1.807, 2.05) is 4.90 Å². The number of carbonyl (C=O) groups is 1. The first kappa shape index (κ1) is 24.2. The summed E-state index contributed by atoms with van der Waals surface area (Å²) in [5.74, 6) is 1.33. The summed E-state index contributed by atoms with van der Waals surface area (Å²) in [5, 5.41) is 10.2. The van der Waals surface area contributed by atoms with Gasteiger partial charge < -0.3 is 19.0 Å². The predicted octanol–water partition coefficient (Wildman–Crippen LogP) is 4.21. The van der Waals surface area contributed by atoms with Gasteiger partial charge in [0.2, 0.25) is 5.76 Å². The van der Waals surface area contributed by atoms with Crippen molar-refractivity contribution >= 4 is 11.7 Å². The zero-order valence-electron chi connectivity index (χ0n) is 21.3. The van der Waals surface area contributed by atoms with E-state index in [9.17, 15) is 10.1 Å². The summed E-state index contributed by atoms with van der Waals surface area (Å²) in [4.78, 5) is 26.5. The van der Waals surface area contributed by atoms with Crippen molar-refractivity contribution in [2.24, 2.45) is 5.92 Å². The van der Waals surface area contributed by atoms with E-state index in [0.717, 1.165) is 22.6 Å². The van der Waals surface area contributed by atoms with Crippen molar-refractivity contribution in [3.8, 4) is 6.07 Å². The fraction of sp³-hybridized carbons (Fsp3) is 0.615. The quantitative estimate of drug-likeness (QED) is 0.667. The first-order valence-corrected chi connectivity index (χ1v) is 12.1. The highest BCUT2D eigenvalue weighted by molar-refractivity contribution is 5.92. The van der Waals surface area contributed by atoms with E-state index in [1.165, 1.54) is 6.39 Å². The van der Waals surface area contributed by atoms with E-state index in [2.05, 4.69) is 57.5 Å². The molecule has 0 radical (unpaired) electrons. The zero-order chi connectivity index (χ0) is 24.8. The Morgan fingerprint density at radius 2 is 1.97 bits per heavy atom.